The summed E-state index contributed by atoms with van der Waals surface area (Å²) >= 11 is 0. The summed E-state index contributed by atoms with van der Waals surface area (Å²) in [5.41, 5.74) is 0. The topological polar surface area (TPSA) is 26.3 Å². The molecule has 1 aliphatic carbocycles. The van der Waals surface area contributed by atoms with Crippen LogP contribution in [0.1, 0.15) is 39.5 Å². The number of ether oxygens (including phenoxy) is 1. The predicted octanol–water partition coefficient (Wildman–Crippen LogP) is 2.68. The van der Waals surface area contributed by atoms with Crippen molar-refractivity contribution in [1.82, 2.24) is 0 Å². The second kappa shape index (κ2) is 6.89. The van der Waals surface area contributed by atoms with Crippen molar-refractivity contribution in [1.29, 1.82) is 0 Å². The van der Waals surface area contributed by atoms with Crippen molar-refractivity contribution in [3.63, 3.8) is 0 Å². The van der Waals surface area contributed by atoms with E-state index in [2.05, 4.69) is 6.58 Å². The van der Waals surface area contributed by atoms with Crippen LogP contribution in [-0.4, -0.2) is 11.9 Å². The molecule has 2 heteroatoms. The van der Waals surface area contributed by atoms with Crippen molar-refractivity contribution in [2.45, 2.75) is 45.6 Å². The van der Waals surface area contributed by atoms with Crippen molar-refractivity contribution in [3.8, 4) is 0 Å². The zero-order valence-electron chi connectivity index (χ0n) is 8.01. The maximum atomic E-state index is 10.7. The number of Topliss-reactive ketones (excluding diaryl/α,β-unsaturated/α-hetero) is 1. The van der Waals surface area contributed by atoms with E-state index in [0.717, 1.165) is 12.8 Å². The van der Waals surface area contributed by atoms with Gasteiger partial charge in [0.2, 0.25) is 0 Å². The normalized spacial score (nSPS) is 17.7. The maximum absolute atomic E-state index is 10.7. The minimum absolute atomic E-state index is 0.246. The van der Waals surface area contributed by atoms with Crippen LogP contribution in [0, 0.1) is 0 Å². The quantitative estimate of drug-likeness (QED) is 0.595. The molecule has 0 spiro atoms. The van der Waals surface area contributed by atoms with E-state index in [1.54, 1.807) is 0 Å². The molecule has 0 aromatic heterocycles. The van der Waals surface area contributed by atoms with E-state index in [0.29, 0.717) is 18.6 Å². The monoisotopic (exact) mass is 170 g/mol. The molecule has 0 radical (unpaired) electrons. The first kappa shape index (κ1) is 11.2. The van der Waals surface area contributed by atoms with Crippen molar-refractivity contribution in [2.75, 3.05) is 0 Å². The van der Waals surface area contributed by atoms with Crippen LogP contribution >= 0.6 is 0 Å². The highest BCUT2D eigenvalue weighted by Gasteiger charge is 2.18. The molecule has 0 unspecified atom stereocenters. The molecule has 0 heterocycles. The summed E-state index contributed by atoms with van der Waals surface area (Å²) in [6.45, 7) is 7.47. The van der Waals surface area contributed by atoms with E-state index in [-0.39, 0.29) is 6.10 Å². The summed E-state index contributed by atoms with van der Waals surface area (Å²) < 4.78 is 5.14. The Bertz CT molecular complexity index is 131. The van der Waals surface area contributed by atoms with E-state index in [4.69, 9.17) is 4.74 Å². The van der Waals surface area contributed by atoms with Crippen LogP contribution in [-0.2, 0) is 9.53 Å². The Morgan fingerprint density at radius 3 is 2.33 bits per heavy atom. The highest BCUT2D eigenvalue weighted by Crippen LogP contribution is 2.17. The second-order valence-corrected chi connectivity index (χ2v) is 2.54. The zero-order chi connectivity index (χ0) is 9.40. The van der Waals surface area contributed by atoms with Gasteiger partial charge >= 0.3 is 0 Å². The first-order valence-corrected chi connectivity index (χ1v) is 4.61. The van der Waals surface area contributed by atoms with E-state index >= 15 is 0 Å². The highest BCUT2D eigenvalue weighted by atomic mass is 16.5. The van der Waals surface area contributed by atoms with Crippen molar-refractivity contribution >= 4 is 5.78 Å². The van der Waals surface area contributed by atoms with Gasteiger partial charge in [-0.2, -0.15) is 0 Å². The molecule has 0 aliphatic heterocycles. The highest BCUT2D eigenvalue weighted by molar-refractivity contribution is 5.79. The van der Waals surface area contributed by atoms with Gasteiger partial charge in [0.15, 0.2) is 0 Å². The Balaban J connectivity index is 0.000000561. The fourth-order valence-corrected chi connectivity index (χ4v) is 1.19. The summed E-state index contributed by atoms with van der Waals surface area (Å²) in [5, 5.41) is 0. The Labute approximate surface area is 74.6 Å². The number of hydrogen-bond acceptors (Lipinski definition) is 2. The molecular formula is C10H18O2. The van der Waals surface area contributed by atoms with Crippen LogP contribution in [0.5, 0.6) is 0 Å². The number of carbonyl (C=O) groups excluding carboxylic acids is 1. The Morgan fingerprint density at radius 1 is 1.42 bits per heavy atom. The lowest BCUT2D eigenvalue weighted by Crippen LogP contribution is -2.19. The van der Waals surface area contributed by atoms with E-state index in [1.807, 2.05) is 13.8 Å². The third-order valence-corrected chi connectivity index (χ3v) is 1.78. The number of hydrogen-bond donors (Lipinski definition) is 0. The number of ketones is 1. The van der Waals surface area contributed by atoms with Crippen molar-refractivity contribution in [2.24, 2.45) is 0 Å². The molecule has 2 nitrogen and oxygen atoms in total. The molecule has 0 aromatic carbocycles. The van der Waals surface area contributed by atoms with Crippen LogP contribution in [0.4, 0.5) is 0 Å². The molecule has 1 rings (SSSR count). The van der Waals surface area contributed by atoms with Gasteiger partial charge in [-0.25, -0.2) is 0 Å². The lowest BCUT2D eigenvalue weighted by molar-refractivity contribution is -0.122. The van der Waals surface area contributed by atoms with Crippen LogP contribution in [0.25, 0.3) is 0 Å². The molecular weight excluding hydrogens is 152 g/mol. The fraction of sp³-hybridized carbons (Fsp3) is 0.700. The summed E-state index contributed by atoms with van der Waals surface area (Å²) in [5.74, 6) is 0.365. The molecule has 12 heavy (non-hydrogen) atoms. The van der Waals surface area contributed by atoms with Crippen LogP contribution < -0.4 is 0 Å². The van der Waals surface area contributed by atoms with E-state index < -0.39 is 0 Å². The molecule has 1 fully saturated rings. The van der Waals surface area contributed by atoms with Gasteiger partial charge in [0, 0.05) is 12.8 Å². The lowest BCUT2D eigenvalue weighted by Gasteiger charge is -2.19. The molecule has 1 saturated carbocycles. The third-order valence-electron chi connectivity index (χ3n) is 1.78. The molecule has 0 amide bonds. The maximum Gasteiger partial charge on any atom is 0.133 e. The largest absolute Gasteiger partial charge is 0.499 e. The van der Waals surface area contributed by atoms with Gasteiger partial charge in [-0.3, -0.25) is 4.79 Å². The van der Waals surface area contributed by atoms with Gasteiger partial charge in [0.25, 0.3) is 0 Å². The summed E-state index contributed by atoms with van der Waals surface area (Å²) in [4.78, 5) is 10.7. The van der Waals surface area contributed by atoms with Gasteiger partial charge in [-0.05, 0) is 12.8 Å². The number of carbonyl (C=O) groups is 1. The van der Waals surface area contributed by atoms with Gasteiger partial charge < -0.3 is 4.74 Å². The first-order chi connectivity index (χ1) is 5.83. The van der Waals surface area contributed by atoms with E-state index in [9.17, 15) is 4.79 Å². The standard InChI is InChI=1S/C8H12O2.C2H6/c1-2-10-8-5-3-7(9)4-6-8;1-2/h2,8H,1,3-6H2;1-2H3. The zero-order valence-corrected chi connectivity index (χ0v) is 8.01. The molecule has 0 aromatic rings. The molecule has 70 valence electrons. The minimum atomic E-state index is 0.246. The van der Waals surface area contributed by atoms with E-state index in [1.165, 1.54) is 6.26 Å². The number of rotatable bonds is 2. The van der Waals surface area contributed by atoms with Crippen LogP contribution in [0.2, 0.25) is 0 Å². The first-order valence-electron chi connectivity index (χ1n) is 4.61. The average molecular weight is 170 g/mol. The Kier molecular flexibility index (Phi) is 6.44. The SMILES string of the molecule is C=COC1CCC(=O)CC1.CC. The van der Waals surface area contributed by atoms with Gasteiger partial charge in [0.05, 0.1) is 12.4 Å². The smallest absolute Gasteiger partial charge is 0.133 e. The van der Waals surface area contributed by atoms with Gasteiger partial charge in [-0.1, -0.05) is 20.4 Å². The summed E-state index contributed by atoms with van der Waals surface area (Å²) in [6, 6.07) is 0. The summed E-state index contributed by atoms with van der Waals surface area (Å²) in [6.07, 6.45) is 4.79. The minimum Gasteiger partial charge on any atom is -0.499 e. The lowest BCUT2D eigenvalue weighted by atomic mass is 9.97. The van der Waals surface area contributed by atoms with Crippen LogP contribution in [0.3, 0.4) is 0 Å². The summed E-state index contributed by atoms with van der Waals surface area (Å²) in [7, 11) is 0. The molecule has 1 aliphatic rings. The molecule has 0 N–H and O–H groups in total. The fourth-order valence-electron chi connectivity index (χ4n) is 1.19. The average Bonchev–Trinajstić information content (AvgIpc) is 2.13. The molecule has 0 bridgehead atoms. The van der Waals surface area contributed by atoms with Crippen LogP contribution in [0.15, 0.2) is 12.8 Å². The van der Waals surface area contributed by atoms with Crippen molar-refractivity contribution in [3.05, 3.63) is 12.8 Å². The Hall–Kier alpha value is -0.790. The third kappa shape index (κ3) is 4.16. The molecule has 0 saturated heterocycles. The van der Waals surface area contributed by atoms with Gasteiger partial charge in [-0.15, -0.1) is 0 Å². The second-order valence-electron chi connectivity index (χ2n) is 2.54. The van der Waals surface area contributed by atoms with Crippen molar-refractivity contribution < 1.29 is 9.53 Å². The molecule has 0 atom stereocenters. The van der Waals surface area contributed by atoms with Gasteiger partial charge in [0.1, 0.15) is 5.78 Å². The predicted molar refractivity (Wildman–Crippen MR) is 49.9 cm³/mol. The Morgan fingerprint density at radius 2 is 1.92 bits per heavy atom.